The van der Waals surface area contributed by atoms with Crippen LogP contribution in [0.4, 0.5) is 5.69 Å². The standard InChI is InChI=1S/C24H22BrNO4/c1-28-22-15-18(14-21(25)24(22)29-2)8-13-23(27)26-19-9-11-20(12-10-19)30-16-17-6-4-3-5-7-17/h3-15H,16H2,1-2H3,(H,26,27). The number of methoxy groups -OCH3 is 2. The first kappa shape index (κ1) is 21.5. The highest BCUT2D eigenvalue weighted by atomic mass is 79.9. The van der Waals surface area contributed by atoms with Crippen molar-refractivity contribution >= 4 is 33.6 Å². The van der Waals surface area contributed by atoms with Crippen LogP contribution in [-0.4, -0.2) is 20.1 Å². The van der Waals surface area contributed by atoms with E-state index in [1.807, 2.05) is 48.5 Å². The van der Waals surface area contributed by atoms with E-state index < -0.39 is 0 Å². The van der Waals surface area contributed by atoms with Gasteiger partial charge >= 0.3 is 0 Å². The zero-order valence-corrected chi connectivity index (χ0v) is 18.3. The topological polar surface area (TPSA) is 56.8 Å². The van der Waals surface area contributed by atoms with E-state index in [-0.39, 0.29) is 5.91 Å². The van der Waals surface area contributed by atoms with Gasteiger partial charge in [0.15, 0.2) is 11.5 Å². The zero-order chi connectivity index (χ0) is 21.3. The molecule has 3 aromatic carbocycles. The molecule has 0 bridgehead atoms. The van der Waals surface area contributed by atoms with Gasteiger partial charge in [-0.15, -0.1) is 0 Å². The number of anilines is 1. The van der Waals surface area contributed by atoms with Crippen LogP contribution in [0.25, 0.3) is 6.08 Å². The van der Waals surface area contributed by atoms with E-state index in [2.05, 4.69) is 21.2 Å². The molecule has 0 aliphatic heterocycles. The zero-order valence-electron chi connectivity index (χ0n) is 16.7. The molecule has 6 heteroatoms. The molecule has 0 saturated heterocycles. The summed E-state index contributed by atoms with van der Waals surface area (Å²) < 4.78 is 17.1. The lowest BCUT2D eigenvalue weighted by molar-refractivity contribution is -0.111. The van der Waals surface area contributed by atoms with Crippen LogP contribution in [-0.2, 0) is 11.4 Å². The second-order valence-electron chi connectivity index (χ2n) is 6.36. The van der Waals surface area contributed by atoms with Crippen molar-refractivity contribution in [2.75, 3.05) is 19.5 Å². The number of ether oxygens (including phenoxy) is 3. The van der Waals surface area contributed by atoms with Gasteiger partial charge in [-0.1, -0.05) is 30.3 Å². The van der Waals surface area contributed by atoms with Gasteiger partial charge in [-0.05, 0) is 69.5 Å². The van der Waals surface area contributed by atoms with Gasteiger partial charge < -0.3 is 19.5 Å². The molecule has 5 nitrogen and oxygen atoms in total. The molecule has 0 aliphatic rings. The van der Waals surface area contributed by atoms with Gasteiger partial charge in [0, 0.05) is 11.8 Å². The average Bonchev–Trinajstić information content (AvgIpc) is 2.77. The predicted molar refractivity (Wildman–Crippen MR) is 122 cm³/mol. The summed E-state index contributed by atoms with van der Waals surface area (Å²) in [7, 11) is 3.14. The van der Waals surface area contributed by atoms with Crippen LogP contribution < -0.4 is 19.5 Å². The van der Waals surface area contributed by atoms with Crippen molar-refractivity contribution in [3.05, 3.63) is 88.4 Å². The molecule has 0 aromatic heterocycles. The van der Waals surface area contributed by atoms with E-state index in [1.165, 1.54) is 6.08 Å². The Balaban J connectivity index is 1.57. The smallest absolute Gasteiger partial charge is 0.248 e. The monoisotopic (exact) mass is 467 g/mol. The third-order valence-corrected chi connectivity index (χ3v) is 4.84. The van der Waals surface area contributed by atoms with Gasteiger partial charge in [0.2, 0.25) is 5.91 Å². The van der Waals surface area contributed by atoms with E-state index in [0.29, 0.717) is 23.8 Å². The van der Waals surface area contributed by atoms with Gasteiger partial charge in [-0.3, -0.25) is 4.79 Å². The van der Waals surface area contributed by atoms with E-state index in [0.717, 1.165) is 21.3 Å². The Labute approximate surface area is 184 Å². The van der Waals surface area contributed by atoms with Crippen molar-refractivity contribution in [3.63, 3.8) is 0 Å². The first-order valence-electron chi connectivity index (χ1n) is 9.26. The molecule has 0 aliphatic carbocycles. The minimum atomic E-state index is -0.237. The quantitative estimate of drug-likeness (QED) is 0.431. The molecule has 3 aromatic rings. The van der Waals surface area contributed by atoms with Gasteiger partial charge in [0.05, 0.1) is 18.7 Å². The van der Waals surface area contributed by atoms with Gasteiger partial charge in [-0.25, -0.2) is 0 Å². The number of nitrogens with one attached hydrogen (secondary N) is 1. The summed E-state index contributed by atoms with van der Waals surface area (Å²) >= 11 is 3.44. The average molecular weight is 468 g/mol. The Hall–Kier alpha value is -3.25. The van der Waals surface area contributed by atoms with Crippen LogP contribution in [0.2, 0.25) is 0 Å². The van der Waals surface area contributed by atoms with Crippen LogP contribution in [0.3, 0.4) is 0 Å². The molecule has 1 amide bonds. The molecule has 0 spiro atoms. The number of hydrogen-bond donors (Lipinski definition) is 1. The summed E-state index contributed by atoms with van der Waals surface area (Å²) in [6, 6.07) is 20.9. The number of halogens is 1. The van der Waals surface area contributed by atoms with Crippen LogP contribution in [0.15, 0.2) is 77.3 Å². The minimum Gasteiger partial charge on any atom is -0.493 e. The fourth-order valence-electron chi connectivity index (χ4n) is 2.77. The van der Waals surface area contributed by atoms with E-state index in [9.17, 15) is 4.79 Å². The number of benzene rings is 3. The van der Waals surface area contributed by atoms with Crippen molar-refractivity contribution < 1.29 is 19.0 Å². The van der Waals surface area contributed by atoms with Crippen LogP contribution >= 0.6 is 15.9 Å². The molecule has 0 fully saturated rings. The highest BCUT2D eigenvalue weighted by Gasteiger charge is 2.09. The highest BCUT2D eigenvalue weighted by Crippen LogP contribution is 2.36. The van der Waals surface area contributed by atoms with E-state index >= 15 is 0 Å². The summed E-state index contributed by atoms with van der Waals surface area (Å²) in [5.41, 5.74) is 2.59. The maximum absolute atomic E-state index is 12.2. The van der Waals surface area contributed by atoms with Gasteiger partial charge in [0.1, 0.15) is 12.4 Å². The molecule has 3 rings (SSSR count). The van der Waals surface area contributed by atoms with Crippen molar-refractivity contribution in [1.29, 1.82) is 0 Å². The molecule has 0 radical (unpaired) electrons. The fraction of sp³-hybridized carbons (Fsp3) is 0.125. The number of carbonyl (C=O) groups excluding carboxylic acids is 1. The van der Waals surface area contributed by atoms with Crippen molar-refractivity contribution in [2.24, 2.45) is 0 Å². The molecule has 30 heavy (non-hydrogen) atoms. The minimum absolute atomic E-state index is 0.237. The largest absolute Gasteiger partial charge is 0.493 e. The molecular weight excluding hydrogens is 446 g/mol. The Bertz CT molecular complexity index is 1020. The second-order valence-corrected chi connectivity index (χ2v) is 7.21. The van der Waals surface area contributed by atoms with Crippen LogP contribution in [0.5, 0.6) is 17.2 Å². The number of carbonyl (C=O) groups is 1. The van der Waals surface area contributed by atoms with Crippen molar-refractivity contribution in [3.8, 4) is 17.2 Å². The Kier molecular flexibility index (Phi) is 7.51. The lowest BCUT2D eigenvalue weighted by Gasteiger charge is -2.10. The predicted octanol–water partition coefficient (Wildman–Crippen LogP) is 5.70. The molecule has 0 unspecified atom stereocenters. The summed E-state index contributed by atoms with van der Waals surface area (Å²) in [6.07, 6.45) is 3.17. The third kappa shape index (κ3) is 5.87. The third-order valence-electron chi connectivity index (χ3n) is 4.25. The van der Waals surface area contributed by atoms with Crippen molar-refractivity contribution in [1.82, 2.24) is 0 Å². The molecule has 0 heterocycles. The maximum atomic E-state index is 12.2. The summed E-state index contributed by atoms with van der Waals surface area (Å²) in [5.74, 6) is 1.69. The molecule has 0 atom stereocenters. The Morgan fingerprint density at radius 2 is 1.73 bits per heavy atom. The van der Waals surface area contributed by atoms with E-state index in [4.69, 9.17) is 14.2 Å². The first-order valence-corrected chi connectivity index (χ1v) is 10.1. The van der Waals surface area contributed by atoms with Crippen molar-refractivity contribution in [2.45, 2.75) is 6.61 Å². The Morgan fingerprint density at radius 1 is 1.00 bits per heavy atom. The van der Waals surface area contributed by atoms with Crippen LogP contribution in [0.1, 0.15) is 11.1 Å². The van der Waals surface area contributed by atoms with E-state index in [1.54, 1.807) is 38.5 Å². The molecule has 154 valence electrons. The SMILES string of the molecule is COc1cc(C=CC(=O)Nc2ccc(OCc3ccccc3)cc2)cc(Br)c1OC. The fourth-order valence-corrected chi connectivity index (χ4v) is 3.39. The lowest BCUT2D eigenvalue weighted by atomic mass is 10.2. The lowest BCUT2D eigenvalue weighted by Crippen LogP contribution is -2.07. The molecular formula is C24H22BrNO4. The van der Waals surface area contributed by atoms with Gasteiger partial charge in [-0.2, -0.15) is 0 Å². The number of hydrogen-bond acceptors (Lipinski definition) is 4. The highest BCUT2D eigenvalue weighted by molar-refractivity contribution is 9.10. The molecule has 1 N–H and O–H groups in total. The summed E-state index contributed by atoms with van der Waals surface area (Å²) in [6.45, 7) is 0.496. The second kappa shape index (κ2) is 10.5. The summed E-state index contributed by atoms with van der Waals surface area (Å²) in [5, 5.41) is 2.83. The Morgan fingerprint density at radius 3 is 2.40 bits per heavy atom. The first-order chi connectivity index (χ1) is 14.6. The normalized spacial score (nSPS) is 10.6. The maximum Gasteiger partial charge on any atom is 0.248 e. The molecule has 0 saturated carbocycles. The number of amides is 1. The summed E-state index contributed by atoms with van der Waals surface area (Å²) in [4.78, 5) is 12.2. The van der Waals surface area contributed by atoms with Gasteiger partial charge in [0.25, 0.3) is 0 Å². The van der Waals surface area contributed by atoms with Crippen LogP contribution in [0, 0.1) is 0 Å². The number of rotatable bonds is 8.